The maximum absolute atomic E-state index is 11.3. The average molecular weight is 290 g/mol. The first-order valence-electron chi connectivity index (χ1n) is 6.73. The van der Waals surface area contributed by atoms with E-state index in [-0.39, 0.29) is 17.5 Å². The van der Waals surface area contributed by atoms with E-state index >= 15 is 0 Å². The highest BCUT2D eigenvalue weighted by Crippen LogP contribution is 2.35. The van der Waals surface area contributed by atoms with Gasteiger partial charge in [-0.3, -0.25) is 10.1 Å². The maximum Gasteiger partial charge on any atom is 0.333 e. The highest BCUT2D eigenvalue weighted by molar-refractivity contribution is 5.68. The standard InChI is InChI=1S/C14H18N4O3/c1-10(2)21-13-5-3-4-12(14(13)18(19)20)16-7-6-11-8-15-9-17-11/h3-5,8-10,16H,6-7H2,1-2H3,(H,15,17). The number of H-pyrrole nitrogens is 1. The van der Waals surface area contributed by atoms with Crippen LogP contribution in [0.3, 0.4) is 0 Å². The fourth-order valence-electron chi connectivity index (χ4n) is 1.96. The van der Waals surface area contributed by atoms with Crippen molar-refractivity contribution in [2.75, 3.05) is 11.9 Å². The Kier molecular flexibility index (Phi) is 4.76. The molecular formula is C14H18N4O3. The minimum Gasteiger partial charge on any atom is -0.484 e. The zero-order valence-electron chi connectivity index (χ0n) is 12.0. The van der Waals surface area contributed by atoms with E-state index in [2.05, 4.69) is 15.3 Å². The number of nitrogens with zero attached hydrogens (tertiary/aromatic N) is 2. The Morgan fingerprint density at radius 3 is 2.90 bits per heavy atom. The molecule has 0 saturated carbocycles. The van der Waals surface area contributed by atoms with Gasteiger partial charge in [-0.05, 0) is 26.0 Å². The van der Waals surface area contributed by atoms with E-state index in [1.54, 1.807) is 30.7 Å². The summed E-state index contributed by atoms with van der Waals surface area (Å²) in [6, 6.07) is 5.03. The van der Waals surface area contributed by atoms with Crippen LogP contribution in [0.1, 0.15) is 19.5 Å². The molecule has 1 heterocycles. The number of ether oxygens (including phenoxy) is 1. The van der Waals surface area contributed by atoms with Crippen LogP contribution in [-0.2, 0) is 6.42 Å². The topological polar surface area (TPSA) is 93.1 Å². The summed E-state index contributed by atoms with van der Waals surface area (Å²) in [5.74, 6) is 0.279. The molecule has 7 heteroatoms. The molecule has 0 fully saturated rings. The number of aromatic nitrogens is 2. The molecule has 0 radical (unpaired) electrons. The first-order chi connectivity index (χ1) is 10.1. The van der Waals surface area contributed by atoms with Gasteiger partial charge in [-0.15, -0.1) is 0 Å². The molecule has 112 valence electrons. The van der Waals surface area contributed by atoms with Gasteiger partial charge in [0.15, 0.2) is 5.75 Å². The highest BCUT2D eigenvalue weighted by atomic mass is 16.6. The molecule has 1 aromatic carbocycles. The SMILES string of the molecule is CC(C)Oc1cccc(NCCc2cnc[nH]2)c1[N+](=O)[O-]. The average Bonchev–Trinajstić information content (AvgIpc) is 2.91. The Morgan fingerprint density at radius 2 is 2.29 bits per heavy atom. The zero-order valence-corrected chi connectivity index (χ0v) is 12.0. The van der Waals surface area contributed by atoms with Crippen LogP contribution in [0, 0.1) is 10.1 Å². The predicted molar refractivity (Wildman–Crippen MR) is 79.6 cm³/mol. The van der Waals surface area contributed by atoms with E-state index in [9.17, 15) is 10.1 Å². The van der Waals surface area contributed by atoms with Gasteiger partial charge in [0.05, 0.1) is 17.4 Å². The van der Waals surface area contributed by atoms with Crippen LogP contribution in [0.5, 0.6) is 5.75 Å². The number of nitro groups is 1. The maximum atomic E-state index is 11.3. The summed E-state index contributed by atoms with van der Waals surface area (Å²) < 4.78 is 5.50. The van der Waals surface area contributed by atoms with Crippen molar-refractivity contribution in [3.8, 4) is 5.75 Å². The molecule has 1 aromatic heterocycles. The van der Waals surface area contributed by atoms with E-state index in [0.29, 0.717) is 18.7 Å². The molecule has 7 nitrogen and oxygen atoms in total. The summed E-state index contributed by atoms with van der Waals surface area (Å²) in [5, 5.41) is 14.4. The Hall–Kier alpha value is -2.57. The predicted octanol–water partition coefficient (Wildman–Crippen LogP) is 2.76. The van der Waals surface area contributed by atoms with E-state index in [4.69, 9.17) is 4.74 Å². The molecule has 0 atom stereocenters. The van der Waals surface area contributed by atoms with Crippen LogP contribution >= 0.6 is 0 Å². The van der Waals surface area contributed by atoms with E-state index in [1.165, 1.54) is 0 Å². The molecule has 0 spiro atoms. The summed E-state index contributed by atoms with van der Waals surface area (Å²) in [5.41, 5.74) is 1.40. The number of para-hydroxylation sites is 1. The molecule has 2 rings (SSSR count). The molecule has 0 unspecified atom stereocenters. The molecule has 2 N–H and O–H groups in total. The molecular weight excluding hydrogens is 272 g/mol. The number of hydrogen-bond acceptors (Lipinski definition) is 5. The number of nitrogens with one attached hydrogen (secondary N) is 2. The van der Waals surface area contributed by atoms with Crippen LogP contribution in [-0.4, -0.2) is 27.5 Å². The molecule has 2 aromatic rings. The van der Waals surface area contributed by atoms with Gasteiger partial charge in [-0.25, -0.2) is 4.98 Å². The van der Waals surface area contributed by atoms with Gasteiger partial charge in [-0.1, -0.05) is 6.07 Å². The van der Waals surface area contributed by atoms with E-state index in [1.807, 2.05) is 13.8 Å². The summed E-state index contributed by atoms with van der Waals surface area (Å²) >= 11 is 0. The van der Waals surface area contributed by atoms with Crippen molar-refractivity contribution in [1.82, 2.24) is 9.97 Å². The number of imidazole rings is 1. The van der Waals surface area contributed by atoms with Gasteiger partial charge < -0.3 is 15.0 Å². The molecule has 0 saturated heterocycles. The first-order valence-corrected chi connectivity index (χ1v) is 6.73. The first kappa shape index (κ1) is 14.8. The largest absolute Gasteiger partial charge is 0.484 e. The van der Waals surface area contributed by atoms with Crippen molar-refractivity contribution in [2.45, 2.75) is 26.4 Å². The molecule has 0 aliphatic carbocycles. The van der Waals surface area contributed by atoms with Crippen molar-refractivity contribution in [3.63, 3.8) is 0 Å². The summed E-state index contributed by atoms with van der Waals surface area (Å²) in [6.45, 7) is 4.23. The van der Waals surface area contributed by atoms with Crippen molar-refractivity contribution < 1.29 is 9.66 Å². The molecule has 0 aliphatic heterocycles. The summed E-state index contributed by atoms with van der Waals surface area (Å²) in [4.78, 5) is 17.8. The van der Waals surface area contributed by atoms with Crippen molar-refractivity contribution in [1.29, 1.82) is 0 Å². The number of aromatic amines is 1. The minimum atomic E-state index is -0.420. The zero-order chi connectivity index (χ0) is 15.2. The lowest BCUT2D eigenvalue weighted by molar-refractivity contribution is -0.385. The van der Waals surface area contributed by atoms with Crippen molar-refractivity contribution in [2.24, 2.45) is 0 Å². The number of benzene rings is 1. The second-order valence-corrected chi connectivity index (χ2v) is 4.83. The summed E-state index contributed by atoms with van der Waals surface area (Å²) in [6.07, 6.45) is 3.92. The number of rotatable bonds is 7. The third-order valence-corrected chi connectivity index (χ3v) is 2.81. The number of hydrogen-bond donors (Lipinski definition) is 2. The van der Waals surface area contributed by atoms with Gasteiger partial charge in [0.2, 0.25) is 0 Å². The van der Waals surface area contributed by atoms with E-state index < -0.39 is 4.92 Å². The molecule has 0 bridgehead atoms. The fourth-order valence-corrected chi connectivity index (χ4v) is 1.96. The third kappa shape index (κ3) is 3.95. The quantitative estimate of drug-likeness (QED) is 0.604. The Bertz CT molecular complexity index is 596. The highest BCUT2D eigenvalue weighted by Gasteiger charge is 2.21. The van der Waals surface area contributed by atoms with Crippen molar-refractivity contribution >= 4 is 11.4 Å². The molecule has 0 amide bonds. The van der Waals surface area contributed by atoms with Crippen molar-refractivity contribution in [3.05, 3.63) is 46.5 Å². The second kappa shape index (κ2) is 6.74. The number of anilines is 1. The van der Waals surface area contributed by atoms with Crippen LogP contribution < -0.4 is 10.1 Å². The lowest BCUT2D eigenvalue weighted by Gasteiger charge is -2.13. The third-order valence-electron chi connectivity index (χ3n) is 2.81. The summed E-state index contributed by atoms with van der Waals surface area (Å²) in [7, 11) is 0. The minimum absolute atomic E-state index is 0.0317. The van der Waals surface area contributed by atoms with Crippen LogP contribution in [0.25, 0.3) is 0 Å². The lowest BCUT2D eigenvalue weighted by atomic mass is 10.2. The Balaban J connectivity index is 2.12. The van der Waals surface area contributed by atoms with Crippen LogP contribution in [0.4, 0.5) is 11.4 Å². The van der Waals surface area contributed by atoms with Crippen LogP contribution in [0.2, 0.25) is 0 Å². The van der Waals surface area contributed by atoms with Crippen LogP contribution in [0.15, 0.2) is 30.7 Å². The lowest BCUT2D eigenvalue weighted by Crippen LogP contribution is -2.10. The fraction of sp³-hybridized carbons (Fsp3) is 0.357. The Morgan fingerprint density at radius 1 is 1.48 bits per heavy atom. The second-order valence-electron chi connectivity index (χ2n) is 4.83. The normalized spacial score (nSPS) is 10.6. The van der Waals surface area contributed by atoms with Gasteiger partial charge >= 0.3 is 5.69 Å². The Labute approximate surface area is 122 Å². The van der Waals surface area contributed by atoms with Gasteiger partial charge in [0.1, 0.15) is 5.69 Å². The smallest absolute Gasteiger partial charge is 0.333 e. The van der Waals surface area contributed by atoms with E-state index in [0.717, 1.165) is 5.69 Å². The molecule has 0 aliphatic rings. The monoisotopic (exact) mass is 290 g/mol. The van der Waals surface area contributed by atoms with Gasteiger partial charge in [0.25, 0.3) is 0 Å². The van der Waals surface area contributed by atoms with Gasteiger partial charge in [0, 0.05) is 24.9 Å². The van der Waals surface area contributed by atoms with Gasteiger partial charge in [-0.2, -0.15) is 0 Å². The number of nitro benzene ring substituents is 1. The molecule has 21 heavy (non-hydrogen) atoms.